The highest BCUT2D eigenvalue weighted by Gasteiger charge is 2.30. The highest BCUT2D eigenvalue weighted by atomic mass is 79.9. The van der Waals surface area contributed by atoms with E-state index in [-0.39, 0.29) is 16.5 Å². The molecule has 28 heavy (non-hydrogen) atoms. The normalized spacial score (nSPS) is 16.9. The zero-order chi connectivity index (χ0) is 20.4. The lowest BCUT2D eigenvalue weighted by Gasteiger charge is -2.07. The first-order chi connectivity index (χ1) is 13.3. The van der Waals surface area contributed by atoms with Crippen molar-refractivity contribution < 1.29 is 19.4 Å². The molecular formula is C19H14BrClN2O4S. The molecule has 3 rings (SSSR count). The molecular weight excluding hydrogens is 468 g/mol. The van der Waals surface area contributed by atoms with Crippen molar-refractivity contribution in [1.82, 2.24) is 4.90 Å². The molecule has 1 fully saturated rings. The predicted molar refractivity (Wildman–Crippen MR) is 115 cm³/mol. The van der Waals surface area contributed by atoms with Crippen LogP contribution in [-0.4, -0.2) is 41.2 Å². The number of amidine groups is 1. The summed E-state index contributed by atoms with van der Waals surface area (Å²) in [5.41, 5.74) is 1.19. The quantitative estimate of drug-likeness (QED) is 0.619. The number of carbonyl (C=O) groups is 2. The summed E-state index contributed by atoms with van der Waals surface area (Å²) in [6.45, 7) is 0. The second-order valence-electron chi connectivity index (χ2n) is 5.73. The smallest absolute Gasteiger partial charge is 0.337 e. The standard InChI is InChI=1S/C19H14BrClN2O4S/c1-23-17(24)16(8-10-3-6-15(27-2)13(20)7-10)28-19(23)22-11-4-5-14(21)12(9-11)18(25)26/h3-9H,1-2H3,(H,25,26)/b16-8+,22-19?. The van der Waals surface area contributed by atoms with E-state index in [2.05, 4.69) is 20.9 Å². The molecule has 1 aliphatic heterocycles. The maximum absolute atomic E-state index is 12.6. The van der Waals surface area contributed by atoms with Gasteiger partial charge in [0.1, 0.15) is 5.75 Å². The highest BCUT2D eigenvalue weighted by Crippen LogP contribution is 2.35. The first-order valence-electron chi connectivity index (χ1n) is 7.93. The van der Waals surface area contributed by atoms with Crippen LogP contribution in [0.4, 0.5) is 5.69 Å². The average molecular weight is 482 g/mol. The Balaban J connectivity index is 1.91. The molecule has 9 heteroatoms. The van der Waals surface area contributed by atoms with Crippen molar-refractivity contribution >= 4 is 68.1 Å². The number of aliphatic imine (C=N–C) groups is 1. The Kier molecular flexibility index (Phi) is 6.12. The second-order valence-corrected chi connectivity index (χ2v) is 8.00. The van der Waals surface area contributed by atoms with Gasteiger partial charge in [-0.05, 0) is 69.7 Å². The summed E-state index contributed by atoms with van der Waals surface area (Å²) in [5.74, 6) is -0.631. The summed E-state index contributed by atoms with van der Waals surface area (Å²) in [5, 5.41) is 9.76. The van der Waals surface area contributed by atoms with Crippen molar-refractivity contribution in [1.29, 1.82) is 0 Å². The molecule has 1 aliphatic rings. The van der Waals surface area contributed by atoms with E-state index in [4.69, 9.17) is 16.3 Å². The van der Waals surface area contributed by atoms with E-state index < -0.39 is 5.97 Å². The number of carbonyl (C=O) groups excluding carboxylic acids is 1. The van der Waals surface area contributed by atoms with Gasteiger partial charge in [0.25, 0.3) is 5.91 Å². The van der Waals surface area contributed by atoms with Crippen molar-refractivity contribution in [2.75, 3.05) is 14.2 Å². The fraction of sp³-hybridized carbons (Fsp3) is 0.105. The maximum atomic E-state index is 12.6. The van der Waals surface area contributed by atoms with E-state index >= 15 is 0 Å². The van der Waals surface area contributed by atoms with Crippen molar-refractivity contribution in [3.05, 3.63) is 61.9 Å². The zero-order valence-corrected chi connectivity index (χ0v) is 17.9. The minimum Gasteiger partial charge on any atom is -0.496 e. The Labute approximate surface area is 179 Å². The molecule has 0 radical (unpaired) electrons. The highest BCUT2D eigenvalue weighted by molar-refractivity contribution is 9.10. The number of nitrogens with zero attached hydrogens (tertiary/aromatic N) is 2. The third kappa shape index (κ3) is 4.24. The molecule has 0 saturated carbocycles. The minimum atomic E-state index is -1.14. The van der Waals surface area contributed by atoms with Crippen molar-refractivity contribution in [2.45, 2.75) is 0 Å². The lowest BCUT2D eigenvalue weighted by atomic mass is 10.2. The summed E-state index contributed by atoms with van der Waals surface area (Å²) in [4.78, 5) is 30.1. The summed E-state index contributed by atoms with van der Waals surface area (Å²) in [7, 11) is 3.20. The van der Waals surface area contributed by atoms with Crippen LogP contribution in [0.25, 0.3) is 6.08 Å². The Hall–Kier alpha value is -2.29. The van der Waals surface area contributed by atoms with E-state index in [1.807, 2.05) is 12.1 Å². The van der Waals surface area contributed by atoms with E-state index in [1.54, 1.807) is 32.4 Å². The number of carboxylic acid groups (broad SMARTS) is 1. The van der Waals surface area contributed by atoms with Crippen LogP contribution in [0, 0.1) is 0 Å². The summed E-state index contributed by atoms with van der Waals surface area (Å²) >= 11 is 10.5. The number of carboxylic acids is 1. The fourth-order valence-electron chi connectivity index (χ4n) is 2.43. The number of likely N-dealkylation sites (N-methyl/N-ethyl adjacent to an activating group) is 1. The minimum absolute atomic E-state index is 0.0423. The number of methoxy groups -OCH3 is 1. The Morgan fingerprint density at radius 3 is 2.71 bits per heavy atom. The molecule has 0 unspecified atom stereocenters. The van der Waals surface area contributed by atoms with Gasteiger partial charge in [-0.2, -0.15) is 0 Å². The lowest BCUT2D eigenvalue weighted by Crippen LogP contribution is -2.23. The lowest BCUT2D eigenvalue weighted by molar-refractivity contribution is -0.121. The largest absolute Gasteiger partial charge is 0.496 e. The molecule has 0 aromatic heterocycles. The van der Waals surface area contributed by atoms with Gasteiger partial charge in [0.15, 0.2) is 5.17 Å². The van der Waals surface area contributed by atoms with Gasteiger partial charge in [-0.1, -0.05) is 17.7 Å². The van der Waals surface area contributed by atoms with Crippen LogP contribution in [-0.2, 0) is 4.79 Å². The molecule has 144 valence electrons. The average Bonchev–Trinajstić information content (AvgIpc) is 2.91. The number of hydrogen-bond acceptors (Lipinski definition) is 5. The van der Waals surface area contributed by atoms with Gasteiger partial charge in [-0.3, -0.25) is 9.69 Å². The number of halogens is 2. The van der Waals surface area contributed by atoms with Gasteiger partial charge in [0, 0.05) is 7.05 Å². The molecule has 2 aromatic rings. The second kappa shape index (κ2) is 8.38. The van der Waals surface area contributed by atoms with Gasteiger partial charge in [0.05, 0.1) is 32.8 Å². The van der Waals surface area contributed by atoms with E-state index in [0.717, 1.165) is 10.0 Å². The number of amides is 1. The Morgan fingerprint density at radius 1 is 1.32 bits per heavy atom. The third-order valence-corrected chi connectivity index (χ3v) is 5.89. The van der Waals surface area contributed by atoms with Gasteiger partial charge >= 0.3 is 5.97 Å². The SMILES string of the molecule is COc1ccc(/C=C2/SC(=Nc3ccc(Cl)c(C(=O)O)c3)N(C)C2=O)cc1Br. The summed E-state index contributed by atoms with van der Waals surface area (Å²) < 4.78 is 5.99. The Morgan fingerprint density at radius 2 is 2.07 bits per heavy atom. The van der Waals surface area contributed by atoms with Gasteiger partial charge in [-0.25, -0.2) is 9.79 Å². The van der Waals surface area contributed by atoms with Crippen molar-refractivity contribution in [3.8, 4) is 5.75 Å². The van der Waals surface area contributed by atoms with Gasteiger partial charge in [-0.15, -0.1) is 0 Å². The molecule has 6 nitrogen and oxygen atoms in total. The van der Waals surface area contributed by atoms with Crippen LogP contribution in [0.5, 0.6) is 5.75 Å². The van der Waals surface area contributed by atoms with Gasteiger partial charge in [0.2, 0.25) is 0 Å². The monoisotopic (exact) mass is 480 g/mol. The molecule has 1 amide bonds. The molecule has 2 aromatic carbocycles. The molecule has 0 spiro atoms. The number of rotatable bonds is 4. The summed E-state index contributed by atoms with van der Waals surface area (Å²) in [6.07, 6.45) is 1.76. The molecule has 1 saturated heterocycles. The van der Waals surface area contributed by atoms with Gasteiger partial charge < -0.3 is 9.84 Å². The molecule has 0 atom stereocenters. The zero-order valence-electron chi connectivity index (χ0n) is 14.8. The van der Waals surface area contributed by atoms with Crippen LogP contribution >= 0.6 is 39.3 Å². The molecule has 1 N–H and O–H groups in total. The van der Waals surface area contributed by atoms with Crippen LogP contribution in [0.2, 0.25) is 5.02 Å². The molecule has 0 aliphatic carbocycles. The van der Waals surface area contributed by atoms with E-state index in [0.29, 0.717) is 21.5 Å². The maximum Gasteiger partial charge on any atom is 0.337 e. The number of ether oxygens (including phenoxy) is 1. The van der Waals surface area contributed by atoms with E-state index in [9.17, 15) is 14.7 Å². The summed E-state index contributed by atoms with van der Waals surface area (Å²) in [6, 6.07) is 9.95. The number of thioether (sulfide) groups is 1. The van der Waals surface area contributed by atoms with Crippen LogP contribution in [0.3, 0.4) is 0 Å². The molecule has 0 bridgehead atoms. The fourth-order valence-corrected chi connectivity index (χ4v) is 4.18. The topological polar surface area (TPSA) is 79.2 Å². The van der Waals surface area contributed by atoms with Crippen molar-refractivity contribution in [3.63, 3.8) is 0 Å². The van der Waals surface area contributed by atoms with Crippen LogP contribution < -0.4 is 4.74 Å². The first-order valence-corrected chi connectivity index (χ1v) is 9.91. The number of benzene rings is 2. The number of aromatic carboxylic acids is 1. The van der Waals surface area contributed by atoms with Crippen molar-refractivity contribution in [2.24, 2.45) is 4.99 Å². The predicted octanol–water partition coefficient (Wildman–Crippen LogP) is 5.04. The number of hydrogen-bond donors (Lipinski definition) is 1. The van der Waals surface area contributed by atoms with Crippen LogP contribution in [0.1, 0.15) is 15.9 Å². The van der Waals surface area contributed by atoms with Crippen LogP contribution in [0.15, 0.2) is 50.8 Å². The first kappa shape index (κ1) is 20.4. The van der Waals surface area contributed by atoms with E-state index in [1.165, 1.54) is 28.8 Å². The molecule has 1 heterocycles. The third-order valence-electron chi connectivity index (χ3n) is 3.88. The Bertz CT molecular complexity index is 1040.